The van der Waals surface area contributed by atoms with Crippen LogP contribution in [-0.4, -0.2) is 34.1 Å². The van der Waals surface area contributed by atoms with Crippen molar-refractivity contribution in [3.05, 3.63) is 237 Å². The second-order valence-corrected chi connectivity index (χ2v) is 16.9. The zero-order chi connectivity index (χ0) is 45.0. The third kappa shape index (κ3) is 6.56. The van der Waals surface area contributed by atoms with Gasteiger partial charge in [-0.1, -0.05) is 109 Å². The van der Waals surface area contributed by atoms with Gasteiger partial charge >= 0.3 is 0 Å². The fourth-order valence-electron chi connectivity index (χ4n) is 9.94. The summed E-state index contributed by atoms with van der Waals surface area (Å²) < 4.78 is 4.68. The van der Waals surface area contributed by atoms with E-state index in [2.05, 4.69) is 179 Å². The summed E-state index contributed by atoms with van der Waals surface area (Å²) in [4.78, 5) is 24.7. The van der Waals surface area contributed by atoms with E-state index in [1.165, 1.54) is 0 Å². The van der Waals surface area contributed by atoms with Crippen molar-refractivity contribution in [1.29, 1.82) is 0 Å². The molecule has 0 aliphatic carbocycles. The topological polar surface area (TPSA) is 74.3 Å². The normalized spacial score (nSPS) is 11.5. The van der Waals surface area contributed by atoms with Gasteiger partial charge in [-0.2, -0.15) is 0 Å². The summed E-state index contributed by atoms with van der Waals surface area (Å²) in [6, 6.07) is 74.3. The van der Waals surface area contributed by atoms with Crippen molar-refractivity contribution in [2.24, 2.45) is 0 Å². The van der Waals surface area contributed by atoms with Crippen LogP contribution in [0.3, 0.4) is 0 Å². The second kappa shape index (κ2) is 16.3. The Morgan fingerprint density at radius 1 is 0.265 bits per heavy atom. The highest BCUT2D eigenvalue weighted by molar-refractivity contribution is 6.11. The molecule has 0 unspecified atom stereocenters. The maximum atomic E-state index is 5.56. The van der Waals surface area contributed by atoms with Crippen molar-refractivity contribution in [2.75, 3.05) is 0 Å². The number of benzene rings is 6. The highest BCUT2D eigenvalue weighted by Gasteiger charge is 2.21. The molecule has 0 saturated heterocycles. The van der Waals surface area contributed by atoms with Crippen molar-refractivity contribution in [3.8, 4) is 78.7 Å². The number of pyridine rings is 5. The Labute approximate surface area is 392 Å². The van der Waals surface area contributed by atoms with E-state index in [1.54, 1.807) is 0 Å². The van der Waals surface area contributed by atoms with Crippen LogP contribution < -0.4 is 0 Å². The van der Waals surface area contributed by atoms with Crippen LogP contribution in [0.4, 0.5) is 0 Å². The predicted molar refractivity (Wildman–Crippen MR) is 277 cm³/mol. The third-order valence-electron chi connectivity index (χ3n) is 13.0. The summed E-state index contributed by atoms with van der Waals surface area (Å²) in [5.74, 6) is 0. The van der Waals surface area contributed by atoms with Gasteiger partial charge in [0.1, 0.15) is 0 Å². The molecule has 0 atom stereocenters. The minimum Gasteiger partial charge on any atom is -0.308 e. The van der Waals surface area contributed by atoms with Crippen LogP contribution >= 0.6 is 0 Å². The monoisotopic (exact) mass is 869 g/mol. The third-order valence-corrected chi connectivity index (χ3v) is 13.0. The van der Waals surface area contributed by atoms with Crippen LogP contribution in [-0.2, 0) is 0 Å². The first kappa shape index (κ1) is 39.1. The molecule has 0 saturated carbocycles. The molecule has 7 heterocycles. The van der Waals surface area contributed by atoms with E-state index in [4.69, 9.17) is 24.9 Å². The molecule has 0 fully saturated rings. The first-order valence-electron chi connectivity index (χ1n) is 22.7. The molecule has 0 aliphatic rings. The lowest BCUT2D eigenvalue weighted by atomic mass is 9.96. The zero-order valence-corrected chi connectivity index (χ0v) is 36.6. The smallest absolute Gasteiger partial charge is 0.0971 e. The molecular formula is C61H39N7. The Hall–Kier alpha value is -9.33. The second-order valence-electron chi connectivity index (χ2n) is 16.9. The van der Waals surface area contributed by atoms with Gasteiger partial charge in [0, 0.05) is 69.2 Å². The zero-order valence-electron chi connectivity index (χ0n) is 36.6. The van der Waals surface area contributed by atoms with Crippen molar-refractivity contribution in [1.82, 2.24) is 34.1 Å². The summed E-state index contributed by atoms with van der Waals surface area (Å²) in [5, 5.41) is 2.13. The Bertz CT molecular complexity index is 3890. The van der Waals surface area contributed by atoms with E-state index in [0.29, 0.717) is 0 Å². The molecule has 318 valence electrons. The minimum absolute atomic E-state index is 0.880. The fraction of sp³-hybridized carbons (Fsp3) is 0. The van der Waals surface area contributed by atoms with Gasteiger partial charge in [-0.05, 0) is 125 Å². The summed E-state index contributed by atoms with van der Waals surface area (Å²) in [7, 11) is 0. The van der Waals surface area contributed by atoms with Gasteiger partial charge in [0.2, 0.25) is 0 Å². The molecule has 7 aromatic heterocycles. The molecule has 0 amide bonds. The predicted octanol–water partition coefficient (Wildman–Crippen LogP) is 14.9. The number of nitrogens with zero attached hydrogens (tertiary/aromatic N) is 7. The molecule has 13 aromatic rings. The lowest BCUT2D eigenvalue weighted by Crippen LogP contribution is -1.99. The molecule has 0 bridgehead atoms. The lowest BCUT2D eigenvalue weighted by molar-refractivity contribution is 1.13. The van der Waals surface area contributed by atoms with Gasteiger partial charge in [0.25, 0.3) is 0 Å². The summed E-state index contributed by atoms with van der Waals surface area (Å²) in [6.07, 6.45) is 7.42. The Morgan fingerprint density at radius 2 is 0.691 bits per heavy atom. The molecule has 7 nitrogen and oxygen atoms in total. The molecule has 6 aromatic carbocycles. The van der Waals surface area contributed by atoms with Gasteiger partial charge in [0.05, 0.1) is 55.9 Å². The molecule has 0 radical (unpaired) electrons. The van der Waals surface area contributed by atoms with E-state index in [9.17, 15) is 0 Å². The van der Waals surface area contributed by atoms with Gasteiger partial charge in [-0.25, -0.2) is 4.98 Å². The van der Waals surface area contributed by atoms with Crippen molar-refractivity contribution < 1.29 is 0 Å². The highest BCUT2D eigenvalue weighted by atomic mass is 15.0. The molecular weight excluding hydrogens is 831 g/mol. The standard InChI is InChI=1S/C61H39N7/c1-3-19-46(52-23-7-10-33-62-52)44(17-1)40-27-30-56-50(37-40)60-58(26-14-36-65-60)67(56)42-15-13-16-43(39-42)68-57-31-28-41(45-18-2-4-20-47(45)53-24-8-11-34-63-53)38-51(57)61-59(68)32-29-55(66-61)49-22-6-5-21-48(49)54-25-9-12-35-64-54/h1-39H. The molecule has 7 heteroatoms. The first-order valence-corrected chi connectivity index (χ1v) is 22.7. The van der Waals surface area contributed by atoms with Crippen LogP contribution in [0.25, 0.3) is 123 Å². The molecule has 0 aliphatic heterocycles. The van der Waals surface area contributed by atoms with Crippen LogP contribution in [0, 0.1) is 0 Å². The van der Waals surface area contributed by atoms with Gasteiger partial charge in [0.15, 0.2) is 0 Å². The Kier molecular flexibility index (Phi) is 9.35. The molecule has 0 N–H and O–H groups in total. The molecule has 13 rings (SSSR count). The largest absolute Gasteiger partial charge is 0.308 e. The van der Waals surface area contributed by atoms with Gasteiger partial charge in [-0.15, -0.1) is 0 Å². The summed E-state index contributed by atoms with van der Waals surface area (Å²) in [6.45, 7) is 0. The quantitative estimate of drug-likeness (QED) is 0.152. The molecule has 68 heavy (non-hydrogen) atoms. The summed E-state index contributed by atoms with van der Waals surface area (Å²) >= 11 is 0. The van der Waals surface area contributed by atoms with Crippen molar-refractivity contribution in [3.63, 3.8) is 0 Å². The Balaban J connectivity index is 1.000. The highest BCUT2D eigenvalue weighted by Crippen LogP contribution is 2.41. The summed E-state index contributed by atoms with van der Waals surface area (Å²) in [5.41, 5.74) is 20.4. The van der Waals surface area contributed by atoms with Crippen LogP contribution in [0.2, 0.25) is 0 Å². The van der Waals surface area contributed by atoms with Crippen LogP contribution in [0.1, 0.15) is 0 Å². The maximum absolute atomic E-state index is 5.56. The molecule has 0 spiro atoms. The SMILES string of the molecule is c1ccc(-c2ccccc2-c2ccc3c(c2)c2ncccc2n3-c2cccc(-n3c4ccc(-c5ccccc5-c5ccccn5)cc4c4nc(-c5ccccc5-c5ccccn5)ccc43)c2)nc1. The minimum atomic E-state index is 0.880. The number of hydrogen-bond donors (Lipinski definition) is 0. The van der Waals surface area contributed by atoms with Gasteiger partial charge < -0.3 is 9.13 Å². The average Bonchev–Trinajstić information content (AvgIpc) is 3.93. The maximum Gasteiger partial charge on any atom is 0.0971 e. The average molecular weight is 870 g/mol. The van der Waals surface area contributed by atoms with E-state index < -0.39 is 0 Å². The first-order chi connectivity index (χ1) is 33.7. The van der Waals surface area contributed by atoms with Crippen molar-refractivity contribution in [2.45, 2.75) is 0 Å². The van der Waals surface area contributed by atoms with E-state index in [0.717, 1.165) is 123 Å². The van der Waals surface area contributed by atoms with E-state index >= 15 is 0 Å². The van der Waals surface area contributed by atoms with E-state index in [1.807, 2.05) is 67.3 Å². The lowest BCUT2D eigenvalue weighted by Gasteiger charge is -2.14. The number of hydrogen-bond acceptors (Lipinski definition) is 5. The Morgan fingerprint density at radius 3 is 1.21 bits per heavy atom. The number of rotatable bonds is 8. The number of fused-ring (bicyclic) bond motifs is 6. The van der Waals surface area contributed by atoms with Crippen LogP contribution in [0.5, 0.6) is 0 Å². The van der Waals surface area contributed by atoms with Crippen LogP contribution in [0.15, 0.2) is 237 Å². The fourth-order valence-corrected chi connectivity index (χ4v) is 9.94. The van der Waals surface area contributed by atoms with Gasteiger partial charge in [-0.3, -0.25) is 19.9 Å². The van der Waals surface area contributed by atoms with Crippen molar-refractivity contribution >= 4 is 43.9 Å². The number of aromatic nitrogens is 7. The van der Waals surface area contributed by atoms with E-state index in [-0.39, 0.29) is 0 Å².